The van der Waals surface area contributed by atoms with Gasteiger partial charge in [0.25, 0.3) is 5.91 Å². The van der Waals surface area contributed by atoms with E-state index in [9.17, 15) is 4.79 Å². The zero-order valence-electron chi connectivity index (χ0n) is 21.0. The predicted octanol–water partition coefficient (Wildman–Crippen LogP) is 4.51. The molecule has 9 nitrogen and oxygen atoms in total. The maximum absolute atomic E-state index is 12.5. The molecule has 1 N–H and O–H groups in total. The second-order valence-electron chi connectivity index (χ2n) is 7.83. The molecule has 0 aliphatic rings. The Morgan fingerprint density at radius 1 is 0.973 bits per heavy atom. The Hall–Kier alpha value is -4.31. The first kappa shape index (κ1) is 25.8. The first-order chi connectivity index (χ1) is 18.0. The first-order valence-corrected chi connectivity index (χ1v) is 12.4. The fourth-order valence-electron chi connectivity index (χ4n) is 3.64. The fraction of sp³-hybridized carbons (Fsp3) is 0.185. The van der Waals surface area contributed by atoms with Crippen LogP contribution in [0.3, 0.4) is 0 Å². The smallest absolute Gasteiger partial charge is 0.250 e. The van der Waals surface area contributed by atoms with E-state index >= 15 is 0 Å². The maximum Gasteiger partial charge on any atom is 0.250 e. The second-order valence-corrected chi connectivity index (χ2v) is 8.77. The number of hydrogen-bond acceptors (Lipinski definition) is 8. The van der Waals surface area contributed by atoms with Crippen LogP contribution >= 0.6 is 11.8 Å². The van der Waals surface area contributed by atoms with E-state index in [1.54, 1.807) is 27.5 Å². The standard InChI is InChI=1S/C27H27N5O4S/c1-18-10-8-9-11-19(18)16-28-29-24(33)17-37-27-31-30-26(32(27)21-12-6-5-7-13-21)20-14-22(34-2)25(36-4)23(15-20)35-3/h5-16H,17H2,1-4H3,(H,29,33). The van der Waals surface area contributed by atoms with Gasteiger partial charge in [0.2, 0.25) is 5.75 Å². The van der Waals surface area contributed by atoms with Gasteiger partial charge in [-0.05, 0) is 42.3 Å². The van der Waals surface area contributed by atoms with Crippen molar-refractivity contribution in [2.45, 2.75) is 12.1 Å². The molecule has 0 aliphatic carbocycles. The van der Waals surface area contributed by atoms with Crippen molar-refractivity contribution in [3.63, 3.8) is 0 Å². The van der Waals surface area contributed by atoms with Crippen molar-refractivity contribution >= 4 is 23.9 Å². The number of hydrazone groups is 1. The molecule has 4 aromatic rings. The SMILES string of the molecule is COc1cc(-c2nnc(SCC(=O)NN=Cc3ccccc3C)n2-c2ccccc2)cc(OC)c1OC. The summed E-state index contributed by atoms with van der Waals surface area (Å²) < 4.78 is 18.4. The Kier molecular flexibility index (Phi) is 8.42. The summed E-state index contributed by atoms with van der Waals surface area (Å²) in [6.07, 6.45) is 1.63. The molecule has 0 bridgehead atoms. The molecular formula is C27H27N5O4S. The molecule has 0 fully saturated rings. The van der Waals surface area contributed by atoms with Crippen LogP contribution in [-0.2, 0) is 4.79 Å². The van der Waals surface area contributed by atoms with Crippen LogP contribution in [0.15, 0.2) is 77.0 Å². The number of aromatic nitrogens is 3. The lowest BCUT2D eigenvalue weighted by molar-refractivity contribution is -0.118. The van der Waals surface area contributed by atoms with Crippen LogP contribution in [0.2, 0.25) is 0 Å². The van der Waals surface area contributed by atoms with Gasteiger partial charge in [-0.15, -0.1) is 10.2 Å². The van der Waals surface area contributed by atoms with Crippen LogP contribution in [0, 0.1) is 6.92 Å². The summed E-state index contributed by atoms with van der Waals surface area (Å²) in [5.41, 5.74) is 6.14. The molecule has 0 aliphatic heterocycles. The largest absolute Gasteiger partial charge is 0.493 e. The van der Waals surface area contributed by atoms with Gasteiger partial charge in [-0.2, -0.15) is 5.10 Å². The number of methoxy groups -OCH3 is 3. The van der Waals surface area contributed by atoms with Crippen molar-refractivity contribution in [3.8, 4) is 34.3 Å². The molecule has 37 heavy (non-hydrogen) atoms. The van der Waals surface area contributed by atoms with E-state index in [-0.39, 0.29) is 11.7 Å². The van der Waals surface area contributed by atoms with Crippen LogP contribution in [0.5, 0.6) is 17.2 Å². The van der Waals surface area contributed by atoms with Gasteiger partial charge < -0.3 is 14.2 Å². The average Bonchev–Trinajstić information content (AvgIpc) is 3.36. The highest BCUT2D eigenvalue weighted by Crippen LogP contribution is 2.41. The molecule has 3 aromatic carbocycles. The summed E-state index contributed by atoms with van der Waals surface area (Å²) in [6, 6.07) is 21.1. The van der Waals surface area contributed by atoms with Crippen LogP contribution in [0.25, 0.3) is 17.1 Å². The van der Waals surface area contributed by atoms with Gasteiger partial charge in [-0.25, -0.2) is 5.43 Å². The van der Waals surface area contributed by atoms with E-state index in [0.29, 0.717) is 33.8 Å². The third-order valence-electron chi connectivity index (χ3n) is 5.48. The molecule has 0 saturated carbocycles. The van der Waals surface area contributed by atoms with Crippen molar-refractivity contribution in [2.24, 2.45) is 5.10 Å². The number of nitrogens with one attached hydrogen (secondary N) is 1. The minimum atomic E-state index is -0.258. The minimum absolute atomic E-state index is 0.103. The van der Waals surface area contributed by atoms with Gasteiger partial charge in [0.1, 0.15) is 0 Å². The number of carbonyl (C=O) groups is 1. The number of benzene rings is 3. The maximum atomic E-state index is 12.5. The van der Waals surface area contributed by atoms with Gasteiger partial charge >= 0.3 is 0 Å². The Balaban J connectivity index is 1.60. The lowest BCUT2D eigenvalue weighted by Gasteiger charge is -2.15. The summed E-state index contributed by atoms with van der Waals surface area (Å²) in [5, 5.41) is 13.4. The second kappa shape index (κ2) is 12.1. The van der Waals surface area contributed by atoms with E-state index < -0.39 is 0 Å². The molecule has 0 spiro atoms. The predicted molar refractivity (Wildman–Crippen MR) is 144 cm³/mol. The molecule has 0 unspecified atom stereocenters. The van der Waals surface area contributed by atoms with Crippen LogP contribution in [0.4, 0.5) is 0 Å². The number of hydrogen-bond donors (Lipinski definition) is 1. The normalized spacial score (nSPS) is 10.9. The summed E-state index contributed by atoms with van der Waals surface area (Å²) in [7, 11) is 4.67. The summed E-state index contributed by atoms with van der Waals surface area (Å²) in [4.78, 5) is 12.5. The Morgan fingerprint density at radius 3 is 2.30 bits per heavy atom. The third kappa shape index (κ3) is 5.92. The van der Waals surface area contributed by atoms with Crippen molar-refractivity contribution in [2.75, 3.05) is 27.1 Å². The molecule has 0 saturated heterocycles. The highest BCUT2D eigenvalue weighted by atomic mass is 32.2. The summed E-state index contributed by atoms with van der Waals surface area (Å²) in [5.74, 6) is 1.89. The van der Waals surface area contributed by atoms with E-state index in [2.05, 4.69) is 20.7 Å². The van der Waals surface area contributed by atoms with Crippen molar-refractivity contribution in [1.29, 1.82) is 0 Å². The van der Waals surface area contributed by atoms with Gasteiger partial charge in [0, 0.05) is 11.3 Å². The molecule has 4 rings (SSSR count). The number of aryl methyl sites for hydroxylation is 1. The van der Waals surface area contributed by atoms with Crippen LogP contribution in [0.1, 0.15) is 11.1 Å². The number of para-hydroxylation sites is 1. The van der Waals surface area contributed by atoms with Gasteiger partial charge in [-0.1, -0.05) is 54.2 Å². The lowest BCUT2D eigenvalue weighted by atomic mass is 10.1. The third-order valence-corrected chi connectivity index (χ3v) is 6.41. The topological polar surface area (TPSA) is 99.9 Å². The number of thioether (sulfide) groups is 1. The van der Waals surface area contributed by atoms with Crippen molar-refractivity contribution in [3.05, 3.63) is 77.9 Å². The van der Waals surface area contributed by atoms with E-state index in [4.69, 9.17) is 14.2 Å². The highest BCUT2D eigenvalue weighted by molar-refractivity contribution is 7.99. The number of rotatable bonds is 10. The van der Waals surface area contributed by atoms with E-state index in [0.717, 1.165) is 16.8 Å². The quantitative estimate of drug-likeness (QED) is 0.188. The van der Waals surface area contributed by atoms with Gasteiger partial charge in [0.05, 0.1) is 33.3 Å². The van der Waals surface area contributed by atoms with Crippen LogP contribution < -0.4 is 19.6 Å². The average molecular weight is 518 g/mol. The Labute approximate surface area is 219 Å². The van der Waals surface area contributed by atoms with Crippen molar-refractivity contribution in [1.82, 2.24) is 20.2 Å². The van der Waals surface area contributed by atoms with Crippen molar-refractivity contribution < 1.29 is 19.0 Å². The zero-order chi connectivity index (χ0) is 26.2. The zero-order valence-corrected chi connectivity index (χ0v) is 21.8. The number of amides is 1. The van der Waals surface area contributed by atoms with Gasteiger partial charge in [-0.3, -0.25) is 9.36 Å². The van der Waals surface area contributed by atoms with Crippen LogP contribution in [-0.4, -0.2) is 54.0 Å². The molecule has 1 heterocycles. The minimum Gasteiger partial charge on any atom is -0.493 e. The number of nitrogens with zero attached hydrogens (tertiary/aromatic N) is 4. The number of ether oxygens (including phenoxy) is 3. The molecular weight excluding hydrogens is 490 g/mol. The first-order valence-electron chi connectivity index (χ1n) is 11.4. The molecule has 10 heteroatoms. The van der Waals surface area contributed by atoms with E-state index in [1.165, 1.54) is 11.8 Å². The summed E-state index contributed by atoms with van der Waals surface area (Å²) in [6.45, 7) is 1.99. The molecule has 190 valence electrons. The lowest BCUT2D eigenvalue weighted by Crippen LogP contribution is -2.20. The van der Waals surface area contributed by atoms with Gasteiger partial charge in [0.15, 0.2) is 22.5 Å². The monoisotopic (exact) mass is 517 g/mol. The Bertz CT molecular complexity index is 1380. The highest BCUT2D eigenvalue weighted by Gasteiger charge is 2.21. The molecule has 1 amide bonds. The van der Waals surface area contributed by atoms with E-state index in [1.807, 2.05) is 78.2 Å². The molecule has 0 radical (unpaired) electrons. The summed E-state index contributed by atoms with van der Waals surface area (Å²) >= 11 is 1.26. The fourth-order valence-corrected chi connectivity index (χ4v) is 4.38. The molecule has 0 atom stereocenters. The molecule has 1 aromatic heterocycles. The number of carbonyl (C=O) groups excluding carboxylic acids is 1. The Morgan fingerprint density at radius 2 is 1.65 bits per heavy atom.